The molecule has 1 aliphatic heterocycles. The van der Waals surface area contributed by atoms with E-state index < -0.39 is 29.6 Å². The number of cyclic esters (lactones) is 1. The molecule has 3 rings (SSSR count). The van der Waals surface area contributed by atoms with Crippen LogP contribution in [-0.4, -0.2) is 35.4 Å². The number of esters is 2. The second-order valence-corrected chi connectivity index (χ2v) is 8.03. The Bertz CT molecular complexity index is 713. The first-order valence-corrected chi connectivity index (χ1v) is 9.61. The van der Waals surface area contributed by atoms with Crippen LogP contribution in [0.1, 0.15) is 49.9 Å². The van der Waals surface area contributed by atoms with Gasteiger partial charge in [0.1, 0.15) is 12.7 Å². The molecule has 1 aromatic carbocycles. The summed E-state index contributed by atoms with van der Waals surface area (Å²) in [5, 5.41) is 11.4. The number of allylic oxidation sites excluding steroid dienone is 1. The molecular formula is C22H28O5. The number of hydrogen-bond acceptors (Lipinski definition) is 5. The SMILES string of the molecule is C=C(C)[C@@H]1CC[C@@H](C)[C@](O)([C@@H]2C[C@@H](COC(=O)c3ccccc3)OC2=O)C1. The van der Waals surface area contributed by atoms with Gasteiger partial charge in [0.25, 0.3) is 0 Å². The van der Waals surface area contributed by atoms with Gasteiger partial charge in [0.2, 0.25) is 0 Å². The molecule has 5 nitrogen and oxygen atoms in total. The molecule has 5 atom stereocenters. The fourth-order valence-corrected chi connectivity index (χ4v) is 4.30. The topological polar surface area (TPSA) is 72.8 Å². The van der Waals surface area contributed by atoms with Gasteiger partial charge in [-0.3, -0.25) is 4.79 Å². The van der Waals surface area contributed by atoms with Crippen LogP contribution in [0.25, 0.3) is 0 Å². The van der Waals surface area contributed by atoms with Crippen LogP contribution in [0.5, 0.6) is 0 Å². The number of carbonyl (C=O) groups excluding carboxylic acids is 2. The molecular weight excluding hydrogens is 344 g/mol. The lowest BCUT2D eigenvalue weighted by Gasteiger charge is -2.44. The number of benzene rings is 1. The molecule has 5 heteroatoms. The van der Waals surface area contributed by atoms with Crippen molar-refractivity contribution in [2.75, 3.05) is 6.61 Å². The van der Waals surface area contributed by atoms with Crippen molar-refractivity contribution < 1.29 is 24.2 Å². The fraction of sp³-hybridized carbons (Fsp3) is 0.545. The van der Waals surface area contributed by atoms with Crippen LogP contribution in [-0.2, 0) is 14.3 Å². The highest BCUT2D eigenvalue weighted by atomic mass is 16.6. The number of ether oxygens (including phenoxy) is 2. The van der Waals surface area contributed by atoms with E-state index in [1.165, 1.54) is 0 Å². The number of aliphatic hydroxyl groups is 1. The smallest absolute Gasteiger partial charge is 0.338 e. The molecule has 27 heavy (non-hydrogen) atoms. The molecule has 1 heterocycles. The Kier molecular flexibility index (Phi) is 5.70. The number of hydrogen-bond donors (Lipinski definition) is 1. The van der Waals surface area contributed by atoms with Crippen molar-refractivity contribution >= 4 is 11.9 Å². The summed E-state index contributed by atoms with van der Waals surface area (Å²) in [6.07, 6.45) is 2.21. The van der Waals surface area contributed by atoms with Crippen molar-refractivity contribution in [3.63, 3.8) is 0 Å². The zero-order valence-electron chi connectivity index (χ0n) is 16.0. The molecule has 0 aromatic heterocycles. The maximum absolute atomic E-state index is 12.5. The number of rotatable bonds is 5. The molecule has 1 aliphatic carbocycles. The van der Waals surface area contributed by atoms with E-state index in [2.05, 4.69) is 6.58 Å². The minimum Gasteiger partial charge on any atom is -0.458 e. The van der Waals surface area contributed by atoms with Crippen LogP contribution in [0, 0.1) is 17.8 Å². The van der Waals surface area contributed by atoms with Crippen molar-refractivity contribution in [2.24, 2.45) is 17.8 Å². The molecule has 2 aliphatic rings. The van der Waals surface area contributed by atoms with E-state index in [1.807, 2.05) is 19.9 Å². The Morgan fingerprint density at radius 1 is 1.33 bits per heavy atom. The molecule has 0 radical (unpaired) electrons. The Morgan fingerprint density at radius 3 is 2.70 bits per heavy atom. The summed E-state index contributed by atoms with van der Waals surface area (Å²) in [5.74, 6) is -1.20. The van der Waals surface area contributed by atoms with Gasteiger partial charge in [-0.05, 0) is 50.2 Å². The maximum atomic E-state index is 12.5. The van der Waals surface area contributed by atoms with Gasteiger partial charge in [-0.25, -0.2) is 4.79 Å². The summed E-state index contributed by atoms with van der Waals surface area (Å²) in [6, 6.07) is 8.71. The maximum Gasteiger partial charge on any atom is 0.338 e. The quantitative estimate of drug-likeness (QED) is 0.632. The molecule has 0 spiro atoms. The second-order valence-electron chi connectivity index (χ2n) is 8.03. The van der Waals surface area contributed by atoms with Gasteiger partial charge in [-0.1, -0.05) is 37.3 Å². The average molecular weight is 372 g/mol. The zero-order valence-corrected chi connectivity index (χ0v) is 16.0. The third-order valence-electron chi connectivity index (χ3n) is 6.15. The predicted octanol–water partition coefficient (Wildman–Crippen LogP) is 3.52. The molecule has 1 N–H and O–H groups in total. The summed E-state index contributed by atoms with van der Waals surface area (Å²) < 4.78 is 10.7. The molecule has 1 saturated carbocycles. The second kappa shape index (κ2) is 7.85. The van der Waals surface area contributed by atoms with E-state index in [0.717, 1.165) is 18.4 Å². The van der Waals surface area contributed by atoms with Crippen molar-refractivity contribution in [1.82, 2.24) is 0 Å². The first kappa shape index (κ1) is 19.6. The van der Waals surface area contributed by atoms with E-state index in [0.29, 0.717) is 18.4 Å². The van der Waals surface area contributed by atoms with Gasteiger partial charge in [0, 0.05) is 6.42 Å². The van der Waals surface area contributed by atoms with Gasteiger partial charge in [-0.15, -0.1) is 0 Å². The minimum absolute atomic E-state index is 0.00431. The Hall–Kier alpha value is -2.14. The zero-order chi connectivity index (χ0) is 19.6. The first-order chi connectivity index (χ1) is 12.8. The average Bonchev–Trinajstić information content (AvgIpc) is 3.04. The van der Waals surface area contributed by atoms with Gasteiger partial charge in [0.15, 0.2) is 0 Å². The predicted molar refractivity (Wildman–Crippen MR) is 101 cm³/mol. The monoisotopic (exact) mass is 372 g/mol. The van der Waals surface area contributed by atoms with Crippen molar-refractivity contribution in [3.8, 4) is 0 Å². The van der Waals surface area contributed by atoms with Crippen molar-refractivity contribution in [2.45, 2.75) is 51.2 Å². The lowest BCUT2D eigenvalue weighted by Crippen LogP contribution is -2.50. The standard InChI is InChI=1S/C22H28O5/c1-14(2)17-10-9-15(3)22(25,12-17)19-11-18(27-21(19)24)13-26-20(23)16-7-5-4-6-8-16/h4-8,15,17-19,25H,1,9-13H2,2-3H3/t15-,17-,18+,19-,22+/m1/s1. The Balaban J connectivity index is 1.62. The molecule has 0 bridgehead atoms. The lowest BCUT2D eigenvalue weighted by atomic mass is 9.64. The largest absolute Gasteiger partial charge is 0.458 e. The third kappa shape index (κ3) is 4.08. The summed E-state index contributed by atoms with van der Waals surface area (Å²) in [5.41, 5.74) is 0.402. The Labute approximate surface area is 160 Å². The number of carbonyl (C=O) groups is 2. The Morgan fingerprint density at radius 2 is 2.04 bits per heavy atom. The van der Waals surface area contributed by atoms with Crippen LogP contribution in [0.2, 0.25) is 0 Å². The minimum atomic E-state index is -1.10. The van der Waals surface area contributed by atoms with Gasteiger partial charge in [0.05, 0.1) is 17.1 Å². The van der Waals surface area contributed by atoms with E-state index >= 15 is 0 Å². The molecule has 1 saturated heterocycles. The summed E-state index contributed by atoms with van der Waals surface area (Å²) in [4.78, 5) is 24.6. The molecule has 0 amide bonds. The van der Waals surface area contributed by atoms with E-state index in [-0.39, 0.29) is 18.4 Å². The molecule has 0 unspecified atom stereocenters. The van der Waals surface area contributed by atoms with Crippen LogP contribution in [0.15, 0.2) is 42.5 Å². The van der Waals surface area contributed by atoms with Gasteiger partial charge in [-0.2, -0.15) is 0 Å². The summed E-state index contributed by atoms with van der Waals surface area (Å²) >= 11 is 0. The van der Waals surface area contributed by atoms with E-state index in [9.17, 15) is 14.7 Å². The summed E-state index contributed by atoms with van der Waals surface area (Å²) in [6.45, 7) is 7.99. The van der Waals surface area contributed by atoms with E-state index in [4.69, 9.17) is 9.47 Å². The lowest BCUT2D eigenvalue weighted by molar-refractivity contribution is -0.158. The van der Waals surface area contributed by atoms with Crippen LogP contribution in [0.4, 0.5) is 0 Å². The molecule has 146 valence electrons. The first-order valence-electron chi connectivity index (χ1n) is 9.61. The van der Waals surface area contributed by atoms with E-state index in [1.54, 1.807) is 24.3 Å². The van der Waals surface area contributed by atoms with Crippen LogP contribution < -0.4 is 0 Å². The van der Waals surface area contributed by atoms with Gasteiger partial charge >= 0.3 is 11.9 Å². The highest BCUT2D eigenvalue weighted by Crippen LogP contribution is 2.47. The van der Waals surface area contributed by atoms with Gasteiger partial charge < -0.3 is 14.6 Å². The fourth-order valence-electron chi connectivity index (χ4n) is 4.30. The van der Waals surface area contributed by atoms with Crippen LogP contribution in [0.3, 0.4) is 0 Å². The van der Waals surface area contributed by atoms with Crippen LogP contribution >= 0.6 is 0 Å². The molecule has 1 aromatic rings. The van der Waals surface area contributed by atoms with Crippen molar-refractivity contribution in [1.29, 1.82) is 0 Å². The normalized spacial score (nSPS) is 33.4. The highest BCUT2D eigenvalue weighted by molar-refractivity contribution is 5.89. The van der Waals surface area contributed by atoms with Crippen molar-refractivity contribution in [3.05, 3.63) is 48.0 Å². The summed E-state index contributed by atoms with van der Waals surface area (Å²) in [7, 11) is 0. The third-order valence-corrected chi connectivity index (χ3v) is 6.15. The highest BCUT2D eigenvalue weighted by Gasteiger charge is 2.53. The molecule has 2 fully saturated rings.